The van der Waals surface area contributed by atoms with Gasteiger partial charge in [-0.2, -0.15) is 0 Å². The summed E-state index contributed by atoms with van der Waals surface area (Å²) in [5.41, 5.74) is -1.32. The predicted molar refractivity (Wildman–Crippen MR) is 140 cm³/mol. The summed E-state index contributed by atoms with van der Waals surface area (Å²) >= 11 is 1.26. The molecule has 0 aromatic heterocycles. The third-order valence-corrected chi connectivity index (χ3v) is 7.01. The number of ether oxygens (including phenoxy) is 2. The highest BCUT2D eigenvalue weighted by Crippen LogP contribution is 2.37. The first kappa shape index (κ1) is 30.3. The van der Waals surface area contributed by atoms with E-state index in [1.54, 1.807) is 11.8 Å². The molecule has 1 aliphatic heterocycles. The third-order valence-electron chi connectivity index (χ3n) is 6.10. The van der Waals surface area contributed by atoms with Crippen molar-refractivity contribution in [3.8, 4) is 0 Å². The highest BCUT2D eigenvalue weighted by atomic mass is 32.2. The van der Waals surface area contributed by atoms with Crippen LogP contribution in [0.1, 0.15) is 126 Å². The van der Waals surface area contributed by atoms with Gasteiger partial charge in [0, 0.05) is 12.7 Å². The van der Waals surface area contributed by atoms with E-state index in [0.29, 0.717) is 5.75 Å². The van der Waals surface area contributed by atoms with Gasteiger partial charge in [-0.3, -0.25) is 9.69 Å². The maximum Gasteiger partial charge on any atom is 0.412 e. The van der Waals surface area contributed by atoms with Crippen molar-refractivity contribution in [1.29, 1.82) is 0 Å². The van der Waals surface area contributed by atoms with Crippen LogP contribution in [0.25, 0.3) is 0 Å². The lowest BCUT2D eigenvalue weighted by atomic mass is 10.0. The Labute approximate surface area is 208 Å². The summed E-state index contributed by atoms with van der Waals surface area (Å²) in [6.45, 7) is 15.6. The molecule has 0 saturated carbocycles. The largest absolute Gasteiger partial charge is 0.444 e. The molecule has 2 atom stereocenters. The minimum Gasteiger partial charge on any atom is -0.444 e. The number of carbonyl (C=O) groups is 2. The molecule has 0 radical (unpaired) electrons. The van der Waals surface area contributed by atoms with Gasteiger partial charge in [0.1, 0.15) is 11.3 Å². The molecular formula is C27H51NO4S. The molecule has 194 valence electrons. The molecule has 1 aliphatic rings. The average Bonchev–Trinajstić information content (AvgIpc) is 2.92. The molecule has 1 rings (SSSR count). The maximum absolute atomic E-state index is 13.0. The van der Waals surface area contributed by atoms with E-state index in [4.69, 9.17) is 9.47 Å². The number of amides is 1. The van der Waals surface area contributed by atoms with Crippen LogP contribution in [0.4, 0.5) is 4.79 Å². The Kier molecular flexibility index (Phi) is 13.4. The zero-order valence-corrected chi connectivity index (χ0v) is 23.5. The van der Waals surface area contributed by atoms with Crippen LogP contribution < -0.4 is 0 Å². The van der Waals surface area contributed by atoms with E-state index < -0.39 is 11.3 Å². The highest BCUT2D eigenvalue weighted by Gasteiger charge is 2.50. The Hall–Kier alpha value is -0.750. The lowest BCUT2D eigenvalue weighted by Crippen LogP contribution is -2.51. The topological polar surface area (TPSA) is 55.8 Å². The molecule has 0 N–H and O–H groups in total. The van der Waals surface area contributed by atoms with Crippen molar-refractivity contribution < 1.29 is 19.1 Å². The van der Waals surface area contributed by atoms with Gasteiger partial charge in [-0.1, -0.05) is 89.8 Å². The minimum atomic E-state index is -0.745. The number of nitrogens with zero attached hydrogens (tertiary/aromatic N) is 1. The average molecular weight is 486 g/mol. The Morgan fingerprint density at radius 2 is 1.48 bits per heavy atom. The van der Waals surface area contributed by atoms with Crippen molar-refractivity contribution in [1.82, 2.24) is 4.90 Å². The summed E-state index contributed by atoms with van der Waals surface area (Å²) in [4.78, 5) is 26.3. The second kappa shape index (κ2) is 14.6. The van der Waals surface area contributed by atoms with Crippen molar-refractivity contribution in [3.63, 3.8) is 0 Å². The van der Waals surface area contributed by atoms with Crippen molar-refractivity contribution in [2.45, 2.75) is 149 Å². The molecule has 1 heterocycles. The van der Waals surface area contributed by atoms with Crippen LogP contribution in [-0.2, 0) is 14.3 Å². The molecule has 0 aromatic carbocycles. The van der Waals surface area contributed by atoms with E-state index >= 15 is 0 Å². The Bertz CT molecular complexity index is 585. The van der Waals surface area contributed by atoms with Gasteiger partial charge >= 0.3 is 6.09 Å². The summed E-state index contributed by atoms with van der Waals surface area (Å²) in [6, 6.07) is -0.158. The van der Waals surface area contributed by atoms with Crippen LogP contribution in [0, 0.1) is 5.92 Å². The maximum atomic E-state index is 13.0. The summed E-state index contributed by atoms with van der Waals surface area (Å²) < 4.78 is 12.0. The summed E-state index contributed by atoms with van der Waals surface area (Å²) in [7, 11) is 0. The number of carbonyl (C=O) groups excluding carboxylic acids is 2. The van der Waals surface area contributed by atoms with Crippen molar-refractivity contribution in [3.05, 3.63) is 0 Å². The second-order valence-corrected chi connectivity index (χ2v) is 12.7. The monoisotopic (exact) mass is 485 g/mol. The standard InChI is InChI=1S/C27H51NO4S/c1-21(2)18-16-14-12-10-9-11-13-15-17-19-24-23(20-33-22(3)29)28(27(7,8)31-24)25(30)32-26(4,5)6/h21,23-24H,9-20H2,1-8H3/t23-,24-/m1/s1. The molecule has 0 bridgehead atoms. The lowest BCUT2D eigenvalue weighted by Gasteiger charge is -2.35. The first-order valence-electron chi connectivity index (χ1n) is 13.2. The van der Waals surface area contributed by atoms with Crippen LogP contribution in [0.5, 0.6) is 0 Å². The van der Waals surface area contributed by atoms with Gasteiger partial charge in [0.05, 0.1) is 12.1 Å². The number of hydrogen-bond donors (Lipinski definition) is 0. The molecule has 1 saturated heterocycles. The number of rotatable bonds is 14. The fourth-order valence-corrected chi connectivity index (χ4v) is 5.28. The number of hydrogen-bond acceptors (Lipinski definition) is 5. The quantitative estimate of drug-likeness (QED) is 0.234. The predicted octanol–water partition coefficient (Wildman–Crippen LogP) is 7.95. The van der Waals surface area contributed by atoms with Gasteiger partial charge in [0.15, 0.2) is 5.12 Å². The summed E-state index contributed by atoms with van der Waals surface area (Å²) in [6.07, 6.45) is 13.5. The first-order chi connectivity index (χ1) is 15.3. The van der Waals surface area contributed by atoms with Gasteiger partial charge in [0.25, 0.3) is 0 Å². The first-order valence-corrected chi connectivity index (χ1v) is 14.2. The zero-order chi connectivity index (χ0) is 25.1. The molecule has 1 amide bonds. The van der Waals surface area contributed by atoms with E-state index in [2.05, 4.69) is 13.8 Å². The second-order valence-electron chi connectivity index (χ2n) is 11.5. The molecule has 5 nitrogen and oxygen atoms in total. The molecule has 1 fully saturated rings. The zero-order valence-electron chi connectivity index (χ0n) is 22.7. The van der Waals surface area contributed by atoms with E-state index in [-0.39, 0.29) is 23.4 Å². The van der Waals surface area contributed by atoms with Crippen molar-refractivity contribution in [2.24, 2.45) is 5.92 Å². The van der Waals surface area contributed by atoms with Gasteiger partial charge in [-0.05, 0) is 47.0 Å². The smallest absolute Gasteiger partial charge is 0.412 e. The van der Waals surface area contributed by atoms with Crippen molar-refractivity contribution >= 4 is 23.0 Å². The van der Waals surface area contributed by atoms with Crippen LogP contribution >= 0.6 is 11.8 Å². The number of unbranched alkanes of at least 4 members (excludes halogenated alkanes) is 8. The summed E-state index contributed by atoms with van der Waals surface area (Å²) in [5, 5.41) is 0.0619. The van der Waals surface area contributed by atoms with E-state index in [0.717, 1.165) is 18.8 Å². The highest BCUT2D eigenvalue weighted by molar-refractivity contribution is 8.13. The van der Waals surface area contributed by atoms with E-state index in [9.17, 15) is 9.59 Å². The van der Waals surface area contributed by atoms with Crippen LogP contribution in [0.15, 0.2) is 0 Å². The Morgan fingerprint density at radius 1 is 0.970 bits per heavy atom. The minimum absolute atomic E-state index is 0.0619. The normalized spacial score (nSPS) is 20.5. The molecule has 0 unspecified atom stereocenters. The molecule has 33 heavy (non-hydrogen) atoms. The van der Waals surface area contributed by atoms with Gasteiger partial charge < -0.3 is 9.47 Å². The summed E-state index contributed by atoms with van der Waals surface area (Å²) in [5.74, 6) is 1.37. The van der Waals surface area contributed by atoms with Crippen molar-refractivity contribution in [2.75, 3.05) is 5.75 Å². The van der Waals surface area contributed by atoms with Gasteiger partial charge in [0.2, 0.25) is 0 Å². The molecule has 6 heteroatoms. The SMILES string of the molecule is CC(=O)SC[C@@H]1[C@@H](CCCCCCCCCCCC(C)C)OC(C)(C)N1C(=O)OC(C)(C)C. The van der Waals surface area contributed by atoms with Gasteiger partial charge in [-0.15, -0.1) is 0 Å². The fraction of sp³-hybridized carbons (Fsp3) is 0.926. The molecule has 0 aliphatic carbocycles. The molecular weight excluding hydrogens is 434 g/mol. The van der Waals surface area contributed by atoms with Crippen LogP contribution in [-0.4, -0.2) is 45.3 Å². The van der Waals surface area contributed by atoms with E-state index in [1.807, 2.05) is 34.6 Å². The van der Waals surface area contributed by atoms with Gasteiger partial charge in [-0.25, -0.2) is 4.79 Å². The van der Waals surface area contributed by atoms with Crippen LogP contribution in [0.2, 0.25) is 0 Å². The number of thioether (sulfide) groups is 1. The third kappa shape index (κ3) is 12.5. The Morgan fingerprint density at radius 3 is 1.97 bits per heavy atom. The Balaban J connectivity index is 2.46. The fourth-order valence-electron chi connectivity index (χ4n) is 4.51. The lowest BCUT2D eigenvalue weighted by molar-refractivity contribution is -0.109. The molecule has 0 spiro atoms. The molecule has 0 aromatic rings. The van der Waals surface area contributed by atoms with Crippen LogP contribution in [0.3, 0.4) is 0 Å². The van der Waals surface area contributed by atoms with E-state index in [1.165, 1.54) is 69.5 Å².